The summed E-state index contributed by atoms with van der Waals surface area (Å²) in [6.07, 6.45) is 4.02. The van der Waals surface area contributed by atoms with Gasteiger partial charge in [0.15, 0.2) is 0 Å². The maximum Gasteiger partial charge on any atom is 0.407 e. The molecule has 0 saturated carbocycles. The topological polar surface area (TPSA) is 185 Å². The van der Waals surface area contributed by atoms with E-state index in [4.69, 9.17) is 9.62 Å². The molecule has 14 heteroatoms. The van der Waals surface area contributed by atoms with Gasteiger partial charge in [-0.25, -0.2) is 19.8 Å². The number of hydrogen-bond acceptors (Lipinski definition) is 9. The molecule has 0 aliphatic carbocycles. The highest BCUT2D eigenvalue weighted by Crippen LogP contribution is 2.29. The van der Waals surface area contributed by atoms with Gasteiger partial charge in [0.05, 0.1) is 50.1 Å². The van der Waals surface area contributed by atoms with Crippen molar-refractivity contribution in [1.82, 2.24) is 35.9 Å². The molecule has 0 spiro atoms. The van der Waals surface area contributed by atoms with Crippen molar-refractivity contribution in [2.45, 2.75) is 79.6 Å². The standard InChI is InChI=1S/C40H54N8O6/c1-22(2)32(46-38(49)34(24(5)6)43-21-54-53-10)36-41-19-30(44-36)28-15-11-26(12-16-28)27-13-17-29(18-14-27)31-20-42-37(45-31)33(23(3)4)47-39(50)35(25(7)8)48-40(51)52-9/h11-25,32-35H,1-10H3,(H,41,44)(H,42,45)(H,46,49)(H,47,50)(H,48,51)/b43-21-/t32-,33-,34-,35-/m0/s1. The zero-order chi connectivity index (χ0) is 39.5. The van der Waals surface area contributed by atoms with Crippen LogP contribution in [-0.2, 0) is 24.1 Å². The predicted molar refractivity (Wildman–Crippen MR) is 208 cm³/mol. The number of rotatable bonds is 17. The monoisotopic (exact) mass is 742 g/mol. The van der Waals surface area contributed by atoms with Crippen LogP contribution in [0.25, 0.3) is 33.6 Å². The summed E-state index contributed by atoms with van der Waals surface area (Å²) in [5.41, 5.74) is 5.65. The molecule has 2 aromatic carbocycles. The molecule has 0 bridgehead atoms. The number of benzene rings is 2. The SMILES string of the molecule is COO/C=N\[C@H](C(=O)N[C@H](c1ncc(-c2ccc(-c3ccc(-c4cnc([C@@H](NC(=O)[C@@H](NC(=O)OC)C(C)C)C(C)C)[nH]4)cc3)cc2)[nH]1)C(C)C)C(C)C. The first kappa shape index (κ1) is 41.3. The average Bonchev–Trinajstić information content (AvgIpc) is 3.84. The lowest BCUT2D eigenvalue weighted by molar-refractivity contribution is -0.188. The third-order valence-electron chi connectivity index (χ3n) is 9.10. The second-order valence-electron chi connectivity index (χ2n) is 14.5. The number of nitrogens with zero attached hydrogens (tertiary/aromatic N) is 3. The number of alkyl carbamates (subject to hydrolysis) is 1. The van der Waals surface area contributed by atoms with Gasteiger partial charge >= 0.3 is 6.09 Å². The summed E-state index contributed by atoms with van der Waals surface area (Å²) in [4.78, 5) is 67.8. The van der Waals surface area contributed by atoms with E-state index in [1.165, 1.54) is 14.2 Å². The molecule has 290 valence electrons. The molecule has 2 heterocycles. The minimum absolute atomic E-state index is 0.0278. The quantitative estimate of drug-likeness (QED) is 0.0340. The highest BCUT2D eigenvalue weighted by molar-refractivity contribution is 5.86. The molecule has 2 aromatic heterocycles. The van der Waals surface area contributed by atoms with E-state index in [0.29, 0.717) is 11.6 Å². The lowest BCUT2D eigenvalue weighted by atomic mass is 10.00. The van der Waals surface area contributed by atoms with Crippen molar-refractivity contribution >= 4 is 24.3 Å². The molecular formula is C40H54N8O6. The number of aliphatic imine (C=N–C) groups is 1. The first-order chi connectivity index (χ1) is 25.7. The Balaban J connectivity index is 1.44. The minimum Gasteiger partial charge on any atom is -0.453 e. The van der Waals surface area contributed by atoms with Gasteiger partial charge in [-0.15, -0.1) is 0 Å². The number of hydrogen-bond donors (Lipinski definition) is 5. The minimum atomic E-state index is -0.755. The molecule has 0 fully saturated rings. The number of carbonyl (C=O) groups is 3. The van der Waals surface area contributed by atoms with Gasteiger partial charge in [-0.05, 0) is 45.9 Å². The van der Waals surface area contributed by atoms with E-state index in [1.54, 1.807) is 12.4 Å². The Bertz CT molecular complexity index is 1850. The van der Waals surface area contributed by atoms with Crippen LogP contribution in [0, 0.1) is 23.7 Å². The normalized spacial score (nSPS) is 14.0. The summed E-state index contributed by atoms with van der Waals surface area (Å²) in [7, 11) is 2.64. The van der Waals surface area contributed by atoms with E-state index in [2.05, 4.69) is 70.0 Å². The molecule has 0 radical (unpaired) electrons. The lowest BCUT2D eigenvalue weighted by Crippen LogP contribution is -2.51. The molecule has 4 atom stereocenters. The van der Waals surface area contributed by atoms with Crippen molar-refractivity contribution in [2.75, 3.05) is 14.2 Å². The Labute approximate surface area is 317 Å². The van der Waals surface area contributed by atoms with E-state index >= 15 is 0 Å². The van der Waals surface area contributed by atoms with Crippen LogP contribution in [0.5, 0.6) is 0 Å². The average molecular weight is 743 g/mol. The number of aromatic nitrogens is 4. The van der Waals surface area contributed by atoms with Crippen LogP contribution in [-0.4, -0.2) is 70.5 Å². The number of amides is 3. The van der Waals surface area contributed by atoms with Gasteiger partial charge < -0.3 is 35.5 Å². The van der Waals surface area contributed by atoms with Crippen molar-refractivity contribution in [3.05, 3.63) is 72.6 Å². The van der Waals surface area contributed by atoms with Crippen LogP contribution in [0.2, 0.25) is 0 Å². The fourth-order valence-electron chi connectivity index (χ4n) is 5.95. The summed E-state index contributed by atoms with van der Waals surface area (Å²) < 4.78 is 4.70. The Morgan fingerprint density at radius 1 is 0.630 bits per heavy atom. The van der Waals surface area contributed by atoms with Gasteiger partial charge in [-0.1, -0.05) is 104 Å². The fraction of sp³-hybridized carbons (Fsp3) is 0.450. The number of methoxy groups -OCH3 is 1. The first-order valence-electron chi connectivity index (χ1n) is 18.2. The fourth-order valence-corrected chi connectivity index (χ4v) is 5.95. The van der Waals surface area contributed by atoms with Gasteiger partial charge in [0.2, 0.25) is 18.2 Å². The first-order valence-corrected chi connectivity index (χ1v) is 18.2. The molecular weight excluding hydrogens is 688 g/mol. The van der Waals surface area contributed by atoms with Gasteiger partial charge in [0.25, 0.3) is 0 Å². The third-order valence-corrected chi connectivity index (χ3v) is 9.10. The molecule has 14 nitrogen and oxygen atoms in total. The van der Waals surface area contributed by atoms with Crippen molar-refractivity contribution < 1.29 is 28.9 Å². The molecule has 0 saturated heterocycles. The van der Waals surface area contributed by atoms with E-state index in [0.717, 1.165) is 40.0 Å². The zero-order valence-electron chi connectivity index (χ0n) is 32.8. The van der Waals surface area contributed by atoms with Gasteiger partial charge in [-0.2, -0.15) is 4.89 Å². The second-order valence-corrected chi connectivity index (χ2v) is 14.5. The molecule has 0 aliphatic heterocycles. The van der Waals surface area contributed by atoms with Crippen LogP contribution in [0.1, 0.15) is 79.1 Å². The van der Waals surface area contributed by atoms with Crippen molar-refractivity contribution in [1.29, 1.82) is 0 Å². The highest BCUT2D eigenvalue weighted by Gasteiger charge is 2.30. The number of nitrogens with one attached hydrogen (secondary N) is 5. The Kier molecular flexibility index (Phi) is 14.5. The molecule has 4 aromatic rings. The Hall–Kier alpha value is -5.50. The summed E-state index contributed by atoms with van der Waals surface area (Å²) in [6.45, 7) is 15.6. The third kappa shape index (κ3) is 10.6. The molecule has 0 aliphatic rings. The number of aromatic amines is 2. The van der Waals surface area contributed by atoms with Crippen molar-refractivity contribution in [2.24, 2.45) is 28.7 Å². The number of ether oxygens (including phenoxy) is 1. The summed E-state index contributed by atoms with van der Waals surface area (Å²) >= 11 is 0. The zero-order valence-corrected chi connectivity index (χ0v) is 32.8. The maximum atomic E-state index is 13.2. The van der Waals surface area contributed by atoms with Gasteiger partial charge in [0.1, 0.15) is 23.7 Å². The lowest BCUT2D eigenvalue weighted by Gasteiger charge is -2.26. The van der Waals surface area contributed by atoms with E-state index in [-0.39, 0.29) is 41.5 Å². The second kappa shape index (κ2) is 19.0. The van der Waals surface area contributed by atoms with Crippen LogP contribution in [0.4, 0.5) is 4.79 Å². The number of imidazole rings is 2. The van der Waals surface area contributed by atoms with Crippen LogP contribution < -0.4 is 16.0 Å². The molecule has 0 unspecified atom stereocenters. The van der Waals surface area contributed by atoms with Crippen LogP contribution in [0.3, 0.4) is 0 Å². The Morgan fingerprint density at radius 2 is 1.07 bits per heavy atom. The van der Waals surface area contributed by atoms with E-state index in [1.807, 2.05) is 79.7 Å². The van der Waals surface area contributed by atoms with Crippen LogP contribution in [0.15, 0.2) is 65.9 Å². The largest absolute Gasteiger partial charge is 0.453 e. The summed E-state index contributed by atoms with van der Waals surface area (Å²) in [5.74, 6) is 0.641. The summed E-state index contributed by atoms with van der Waals surface area (Å²) in [5, 5.41) is 8.78. The van der Waals surface area contributed by atoms with Gasteiger partial charge in [0, 0.05) is 0 Å². The van der Waals surface area contributed by atoms with Crippen molar-refractivity contribution in [3.63, 3.8) is 0 Å². The number of H-pyrrole nitrogens is 2. The molecule has 5 N–H and O–H groups in total. The molecule has 54 heavy (non-hydrogen) atoms. The smallest absolute Gasteiger partial charge is 0.407 e. The van der Waals surface area contributed by atoms with E-state index in [9.17, 15) is 14.4 Å². The molecule has 3 amide bonds. The summed E-state index contributed by atoms with van der Waals surface area (Å²) in [6, 6.07) is 14.2. The highest BCUT2D eigenvalue weighted by atomic mass is 17.2. The number of carbonyl (C=O) groups excluding carboxylic acids is 3. The van der Waals surface area contributed by atoms with Gasteiger partial charge in [-0.3, -0.25) is 9.59 Å². The van der Waals surface area contributed by atoms with Crippen molar-refractivity contribution in [3.8, 4) is 33.6 Å². The maximum absolute atomic E-state index is 13.2. The van der Waals surface area contributed by atoms with Crippen LogP contribution >= 0.6 is 0 Å². The van der Waals surface area contributed by atoms with E-state index < -0.39 is 24.2 Å². The Morgan fingerprint density at radius 3 is 1.46 bits per heavy atom. The predicted octanol–water partition coefficient (Wildman–Crippen LogP) is 6.77. The molecule has 4 rings (SSSR count).